The predicted molar refractivity (Wildman–Crippen MR) is 93.6 cm³/mol. The number of esters is 1. The van der Waals surface area contributed by atoms with E-state index < -0.39 is 35.3 Å². The number of allylic oxidation sites excluding steroid dienone is 2. The van der Waals surface area contributed by atoms with Gasteiger partial charge in [-0.3, -0.25) is 14.4 Å². The quantitative estimate of drug-likeness (QED) is 0.793. The number of primary amides is 1. The first-order chi connectivity index (χ1) is 12.4. The Morgan fingerprint density at radius 1 is 1.42 bits per heavy atom. The van der Waals surface area contributed by atoms with Crippen LogP contribution in [0.25, 0.3) is 0 Å². The van der Waals surface area contributed by atoms with Gasteiger partial charge in [0.05, 0.1) is 25.1 Å². The predicted octanol–water partition coefficient (Wildman–Crippen LogP) is 1.10. The van der Waals surface area contributed by atoms with Crippen LogP contribution in [-0.2, 0) is 19.1 Å². The summed E-state index contributed by atoms with van der Waals surface area (Å²) in [6.07, 6.45) is 4.67. The summed E-state index contributed by atoms with van der Waals surface area (Å²) in [4.78, 5) is 39.1. The number of fused-ring (bicyclic) bond motifs is 1. The van der Waals surface area contributed by atoms with E-state index in [0.29, 0.717) is 10.5 Å². The number of ketones is 1. The van der Waals surface area contributed by atoms with Crippen LogP contribution in [0, 0.1) is 16.7 Å². The number of hydrogen-bond donors (Lipinski definition) is 1. The Kier molecular flexibility index (Phi) is 4.42. The van der Waals surface area contributed by atoms with Crippen molar-refractivity contribution in [2.45, 2.75) is 24.9 Å². The standard InChI is InChI=1S/C18H17N3O4S/c1-10(22)11-5-6-13-18(9-19,17(24)25-2)14(12-4-3-7-26-12)15(16(20)23)21(13)8-11/h3-8,13-15H,1-2H3,(H2,20,23)/t13-,14-,15+,18-/m0/s1. The number of methoxy groups -OCH3 is 1. The molecule has 3 rings (SSSR count). The Hall–Kier alpha value is -2.92. The lowest BCUT2D eigenvalue weighted by atomic mass is 9.71. The summed E-state index contributed by atoms with van der Waals surface area (Å²) in [5, 5.41) is 11.9. The molecular weight excluding hydrogens is 354 g/mol. The molecule has 0 aromatic carbocycles. The van der Waals surface area contributed by atoms with E-state index in [1.807, 2.05) is 0 Å². The fourth-order valence-electron chi connectivity index (χ4n) is 3.79. The maximum Gasteiger partial charge on any atom is 0.329 e. The Bertz CT molecular complexity index is 867. The molecular formula is C18H17N3O4S. The lowest BCUT2D eigenvalue weighted by molar-refractivity contribution is -0.150. The van der Waals surface area contributed by atoms with Crippen LogP contribution in [0.3, 0.4) is 0 Å². The van der Waals surface area contributed by atoms with Gasteiger partial charge in [-0.1, -0.05) is 18.2 Å². The van der Waals surface area contributed by atoms with Crippen LogP contribution in [0.15, 0.2) is 41.4 Å². The smallest absolute Gasteiger partial charge is 0.329 e. The van der Waals surface area contributed by atoms with Crippen molar-refractivity contribution in [2.24, 2.45) is 11.1 Å². The summed E-state index contributed by atoms with van der Waals surface area (Å²) < 4.78 is 4.95. The van der Waals surface area contributed by atoms with Crippen molar-refractivity contribution in [1.82, 2.24) is 4.90 Å². The van der Waals surface area contributed by atoms with Crippen molar-refractivity contribution in [3.8, 4) is 6.07 Å². The van der Waals surface area contributed by atoms with Gasteiger partial charge < -0.3 is 15.4 Å². The number of Topliss-reactive ketones (excluding diaryl/α,β-unsaturated/α-hetero) is 1. The van der Waals surface area contributed by atoms with Crippen molar-refractivity contribution < 1.29 is 19.1 Å². The zero-order chi connectivity index (χ0) is 19.1. The molecule has 1 aromatic rings. The van der Waals surface area contributed by atoms with Gasteiger partial charge in [-0.15, -0.1) is 11.3 Å². The molecule has 0 radical (unpaired) electrons. The number of thiophene rings is 1. The normalized spacial score (nSPS) is 29.5. The molecule has 8 heteroatoms. The lowest BCUT2D eigenvalue weighted by Gasteiger charge is -2.32. The molecule has 134 valence electrons. The van der Waals surface area contributed by atoms with E-state index in [-0.39, 0.29) is 5.78 Å². The minimum Gasteiger partial charge on any atom is -0.468 e. The number of carbonyl (C=O) groups is 3. The topological polar surface area (TPSA) is 113 Å². The molecule has 1 fully saturated rings. The van der Waals surface area contributed by atoms with Crippen LogP contribution >= 0.6 is 11.3 Å². The van der Waals surface area contributed by atoms with Crippen LogP contribution in [0.5, 0.6) is 0 Å². The maximum atomic E-state index is 12.8. The van der Waals surface area contributed by atoms with Gasteiger partial charge in [0.25, 0.3) is 0 Å². The first kappa shape index (κ1) is 17.9. The number of amides is 1. The van der Waals surface area contributed by atoms with Crippen LogP contribution < -0.4 is 5.73 Å². The molecule has 1 saturated heterocycles. The van der Waals surface area contributed by atoms with Crippen LogP contribution in [0.1, 0.15) is 17.7 Å². The number of hydrogen-bond acceptors (Lipinski definition) is 7. The molecule has 0 aliphatic carbocycles. The molecule has 2 aliphatic heterocycles. The van der Waals surface area contributed by atoms with E-state index in [4.69, 9.17) is 10.5 Å². The number of carbonyl (C=O) groups excluding carboxylic acids is 3. The van der Waals surface area contributed by atoms with Crippen LogP contribution in [-0.4, -0.2) is 41.8 Å². The van der Waals surface area contributed by atoms with Gasteiger partial charge in [0.2, 0.25) is 5.91 Å². The van der Waals surface area contributed by atoms with E-state index in [1.54, 1.807) is 34.6 Å². The molecule has 1 amide bonds. The summed E-state index contributed by atoms with van der Waals surface area (Å²) >= 11 is 1.33. The Morgan fingerprint density at radius 2 is 2.15 bits per heavy atom. The molecule has 26 heavy (non-hydrogen) atoms. The van der Waals surface area contributed by atoms with Gasteiger partial charge in [-0.2, -0.15) is 5.26 Å². The largest absolute Gasteiger partial charge is 0.468 e. The highest BCUT2D eigenvalue weighted by molar-refractivity contribution is 7.10. The minimum atomic E-state index is -1.66. The van der Waals surface area contributed by atoms with Gasteiger partial charge >= 0.3 is 5.97 Å². The highest BCUT2D eigenvalue weighted by Crippen LogP contribution is 2.54. The first-order valence-electron chi connectivity index (χ1n) is 7.89. The number of ether oxygens (including phenoxy) is 1. The summed E-state index contributed by atoms with van der Waals surface area (Å²) in [5.74, 6) is -2.41. The van der Waals surface area contributed by atoms with E-state index >= 15 is 0 Å². The van der Waals surface area contributed by atoms with Crippen molar-refractivity contribution in [1.29, 1.82) is 5.26 Å². The second-order valence-electron chi connectivity index (χ2n) is 6.20. The maximum absolute atomic E-state index is 12.8. The van der Waals surface area contributed by atoms with Crippen molar-refractivity contribution in [3.05, 3.63) is 46.3 Å². The SMILES string of the molecule is COC(=O)[C@@]1(C#N)[C@@H]2C=CC(C(C)=O)=CN2[C@@H](C(N)=O)[C@@H]1c1cccs1. The fourth-order valence-corrected chi connectivity index (χ4v) is 4.72. The lowest BCUT2D eigenvalue weighted by Crippen LogP contribution is -2.45. The van der Waals surface area contributed by atoms with Crippen LogP contribution in [0.2, 0.25) is 0 Å². The molecule has 0 unspecified atom stereocenters. The van der Waals surface area contributed by atoms with Gasteiger partial charge in [0.1, 0.15) is 6.04 Å². The average Bonchev–Trinajstić information content (AvgIpc) is 3.24. The van der Waals surface area contributed by atoms with Crippen molar-refractivity contribution in [2.75, 3.05) is 7.11 Å². The summed E-state index contributed by atoms with van der Waals surface area (Å²) in [5.41, 5.74) is 4.38. The Balaban J connectivity index is 2.28. The molecule has 3 heterocycles. The second-order valence-corrected chi connectivity index (χ2v) is 7.18. The van der Waals surface area contributed by atoms with E-state index in [0.717, 1.165) is 0 Å². The van der Waals surface area contributed by atoms with E-state index in [2.05, 4.69) is 6.07 Å². The highest BCUT2D eigenvalue weighted by Gasteiger charge is 2.66. The summed E-state index contributed by atoms with van der Waals surface area (Å²) in [6.45, 7) is 1.40. The molecule has 7 nitrogen and oxygen atoms in total. The van der Waals surface area contributed by atoms with Crippen molar-refractivity contribution >= 4 is 29.0 Å². The molecule has 2 aliphatic rings. The third-order valence-corrected chi connectivity index (χ3v) is 5.87. The van der Waals surface area contributed by atoms with Gasteiger partial charge in [0, 0.05) is 16.7 Å². The number of rotatable bonds is 4. The first-order valence-corrected chi connectivity index (χ1v) is 8.77. The molecule has 1 aromatic heterocycles. The van der Waals surface area contributed by atoms with E-state index in [9.17, 15) is 19.6 Å². The van der Waals surface area contributed by atoms with Gasteiger partial charge in [-0.25, -0.2) is 0 Å². The number of nitrogens with two attached hydrogens (primary N) is 1. The third-order valence-electron chi connectivity index (χ3n) is 4.92. The molecule has 0 spiro atoms. The van der Waals surface area contributed by atoms with Gasteiger partial charge in [-0.05, 0) is 18.4 Å². The van der Waals surface area contributed by atoms with Gasteiger partial charge in [0.15, 0.2) is 11.2 Å². The summed E-state index contributed by atoms with van der Waals surface area (Å²) in [6, 6.07) is 3.92. The minimum absolute atomic E-state index is 0.192. The third kappa shape index (κ3) is 2.35. The Morgan fingerprint density at radius 3 is 2.65 bits per heavy atom. The summed E-state index contributed by atoms with van der Waals surface area (Å²) in [7, 11) is 1.21. The second kappa shape index (κ2) is 6.42. The number of nitrogens with zero attached hydrogens (tertiary/aromatic N) is 2. The fraction of sp³-hybridized carbons (Fsp3) is 0.333. The molecule has 0 bridgehead atoms. The zero-order valence-electron chi connectivity index (χ0n) is 14.2. The molecule has 4 atom stereocenters. The highest BCUT2D eigenvalue weighted by atomic mass is 32.1. The monoisotopic (exact) mass is 371 g/mol. The zero-order valence-corrected chi connectivity index (χ0v) is 15.0. The number of nitriles is 1. The van der Waals surface area contributed by atoms with Crippen LogP contribution in [0.4, 0.5) is 0 Å². The van der Waals surface area contributed by atoms with E-state index in [1.165, 1.54) is 31.6 Å². The molecule has 0 saturated carbocycles. The van der Waals surface area contributed by atoms with Crippen molar-refractivity contribution in [3.63, 3.8) is 0 Å². The average molecular weight is 371 g/mol. The molecule has 2 N–H and O–H groups in total. The Labute approximate surface area is 154 Å².